The molecule has 2 aromatic carbocycles. The molecule has 0 unspecified atom stereocenters. The van der Waals surface area contributed by atoms with Gasteiger partial charge in [-0.05, 0) is 42.8 Å². The first-order chi connectivity index (χ1) is 13.2. The van der Waals surface area contributed by atoms with Crippen LogP contribution in [0.3, 0.4) is 0 Å². The van der Waals surface area contributed by atoms with Crippen LogP contribution < -0.4 is 4.74 Å². The maximum Gasteiger partial charge on any atom is 0.196 e. The maximum atomic E-state index is 5.42. The number of hydrogen-bond acceptors (Lipinski definition) is 6. The van der Waals surface area contributed by atoms with Gasteiger partial charge in [-0.3, -0.25) is 4.40 Å². The summed E-state index contributed by atoms with van der Waals surface area (Å²) >= 11 is 3.38. The molecule has 5 aromatic rings. The summed E-state index contributed by atoms with van der Waals surface area (Å²) in [7, 11) is 1.68. The Morgan fingerprint density at radius 1 is 1.11 bits per heavy atom. The van der Waals surface area contributed by atoms with Crippen molar-refractivity contribution in [1.29, 1.82) is 0 Å². The standard InChI is InChI=1S/C20H16N4OS2/c1-12-9-18-22-23-20(24(18)16-10-13(25-2)7-8-14(12)16)26-11-19-21-15-5-3-4-6-17(15)27-19/h3-10H,11H2,1-2H3. The summed E-state index contributed by atoms with van der Waals surface area (Å²) in [6, 6.07) is 16.4. The lowest BCUT2D eigenvalue weighted by atomic mass is 10.1. The predicted octanol–water partition coefficient (Wildman–Crippen LogP) is 5.10. The lowest BCUT2D eigenvalue weighted by molar-refractivity contribution is 0.415. The summed E-state index contributed by atoms with van der Waals surface area (Å²) in [5, 5.41) is 11.9. The maximum absolute atomic E-state index is 5.42. The topological polar surface area (TPSA) is 52.3 Å². The average molecular weight is 393 g/mol. The number of pyridine rings is 1. The minimum Gasteiger partial charge on any atom is -0.497 e. The van der Waals surface area contributed by atoms with Crippen molar-refractivity contribution >= 4 is 49.9 Å². The average Bonchev–Trinajstić information content (AvgIpc) is 3.29. The number of para-hydroxylation sites is 1. The van der Waals surface area contributed by atoms with Crippen LogP contribution in [0.15, 0.2) is 53.7 Å². The quantitative estimate of drug-likeness (QED) is 0.398. The van der Waals surface area contributed by atoms with Crippen LogP contribution >= 0.6 is 23.1 Å². The van der Waals surface area contributed by atoms with Gasteiger partial charge in [-0.15, -0.1) is 21.5 Å². The van der Waals surface area contributed by atoms with Crippen LogP contribution in [0.1, 0.15) is 10.6 Å². The van der Waals surface area contributed by atoms with Crippen LogP contribution in [0.2, 0.25) is 0 Å². The van der Waals surface area contributed by atoms with E-state index in [9.17, 15) is 0 Å². The van der Waals surface area contributed by atoms with Crippen molar-refractivity contribution < 1.29 is 4.74 Å². The number of rotatable bonds is 4. The van der Waals surface area contributed by atoms with E-state index in [0.717, 1.165) is 38.3 Å². The summed E-state index contributed by atoms with van der Waals surface area (Å²) in [6.07, 6.45) is 0. The van der Waals surface area contributed by atoms with E-state index in [-0.39, 0.29) is 0 Å². The van der Waals surface area contributed by atoms with Crippen LogP contribution in [-0.4, -0.2) is 26.7 Å². The van der Waals surface area contributed by atoms with Crippen LogP contribution in [-0.2, 0) is 5.75 Å². The third kappa shape index (κ3) is 2.83. The summed E-state index contributed by atoms with van der Waals surface area (Å²) in [5.41, 5.74) is 4.13. The molecule has 0 amide bonds. The zero-order valence-electron chi connectivity index (χ0n) is 14.8. The smallest absolute Gasteiger partial charge is 0.196 e. The number of methoxy groups -OCH3 is 1. The van der Waals surface area contributed by atoms with Gasteiger partial charge in [0.05, 0.1) is 28.6 Å². The Morgan fingerprint density at radius 3 is 2.85 bits per heavy atom. The molecular formula is C20H16N4OS2. The highest BCUT2D eigenvalue weighted by Crippen LogP contribution is 2.31. The molecule has 3 heterocycles. The Balaban J connectivity index is 1.57. The molecule has 27 heavy (non-hydrogen) atoms. The number of aromatic nitrogens is 4. The van der Waals surface area contributed by atoms with E-state index < -0.39 is 0 Å². The first-order valence-electron chi connectivity index (χ1n) is 8.52. The zero-order chi connectivity index (χ0) is 18.4. The van der Waals surface area contributed by atoms with Gasteiger partial charge in [0.25, 0.3) is 0 Å². The molecule has 0 aliphatic carbocycles. The van der Waals surface area contributed by atoms with E-state index >= 15 is 0 Å². The van der Waals surface area contributed by atoms with Crippen molar-refractivity contribution in [1.82, 2.24) is 19.6 Å². The SMILES string of the molecule is COc1ccc2c(C)cc3nnc(SCc4nc5ccccc5s4)n3c2c1. The van der Waals surface area contributed by atoms with E-state index in [1.54, 1.807) is 30.2 Å². The lowest BCUT2D eigenvalue weighted by Crippen LogP contribution is -1.94. The van der Waals surface area contributed by atoms with Crippen molar-refractivity contribution in [2.75, 3.05) is 7.11 Å². The molecule has 0 aliphatic rings. The van der Waals surface area contributed by atoms with Gasteiger partial charge in [-0.25, -0.2) is 4.98 Å². The van der Waals surface area contributed by atoms with Gasteiger partial charge >= 0.3 is 0 Å². The third-order valence-electron chi connectivity index (χ3n) is 4.54. The summed E-state index contributed by atoms with van der Waals surface area (Å²) in [4.78, 5) is 4.72. The zero-order valence-corrected chi connectivity index (χ0v) is 16.5. The van der Waals surface area contributed by atoms with Gasteiger partial charge in [0, 0.05) is 11.5 Å². The van der Waals surface area contributed by atoms with E-state index in [4.69, 9.17) is 9.72 Å². The third-order valence-corrected chi connectivity index (χ3v) is 6.70. The molecular weight excluding hydrogens is 376 g/mol. The Kier molecular flexibility index (Phi) is 3.98. The van der Waals surface area contributed by atoms with Crippen molar-refractivity contribution in [2.24, 2.45) is 0 Å². The van der Waals surface area contributed by atoms with Gasteiger partial charge in [-0.1, -0.05) is 23.9 Å². The van der Waals surface area contributed by atoms with Gasteiger partial charge < -0.3 is 4.74 Å². The molecule has 134 valence electrons. The molecule has 0 bridgehead atoms. The Morgan fingerprint density at radius 2 is 2.00 bits per heavy atom. The second kappa shape index (κ2) is 6.51. The fourth-order valence-electron chi connectivity index (χ4n) is 3.23. The highest BCUT2D eigenvalue weighted by molar-refractivity contribution is 7.98. The van der Waals surface area contributed by atoms with Crippen LogP contribution in [0.4, 0.5) is 0 Å². The molecule has 0 fully saturated rings. The lowest BCUT2D eigenvalue weighted by Gasteiger charge is -2.09. The molecule has 5 nitrogen and oxygen atoms in total. The van der Waals surface area contributed by atoms with Crippen LogP contribution in [0.25, 0.3) is 26.8 Å². The highest BCUT2D eigenvalue weighted by Gasteiger charge is 2.13. The molecule has 0 spiro atoms. The number of aryl methyl sites for hydroxylation is 1. The first-order valence-corrected chi connectivity index (χ1v) is 10.3. The van der Waals surface area contributed by atoms with E-state index in [0.29, 0.717) is 0 Å². The molecule has 3 aromatic heterocycles. The van der Waals surface area contributed by atoms with E-state index in [2.05, 4.69) is 45.8 Å². The number of thiazole rings is 1. The molecule has 0 radical (unpaired) electrons. The van der Waals surface area contributed by atoms with Crippen molar-refractivity contribution in [3.05, 3.63) is 59.1 Å². The number of ether oxygens (including phenoxy) is 1. The second-order valence-corrected chi connectivity index (χ2v) is 8.31. The highest BCUT2D eigenvalue weighted by atomic mass is 32.2. The largest absolute Gasteiger partial charge is 0.497 e. The Hall–Kier alpha value is -2.64. The molecule has 7 heteroatoms. The minimum absolute atomic E-state index is 0.763. The molecule has 0 atom stereocenters. The number of benzene rings is 2. The number of thioether (sulfide) groups is 1. The summed E-state index contributed by atoms with van der Waals surface area (Å²) in [6.45, 7) is 2.09. The van der Waals surface area contributed by atoms with E-state index in [1.165, 1.54) is 15.6 Å². The molecule has 0 N–H and O–H groups in total. The summed E-state index contributed by atoms with van der Waals surface area (Å²) in [5.74, 6) is 1.59. The monoisotopic (exact) mass is 392 g/mol. The minimum atomic E-state index is 0.763. The first kappa shape index (κ1) is 16.5. The predicted molar refractivity (Wildman–Crippen MR) is 111 cm³/mol. The number of fused-ring (bicyclic) bond motifs is 4. The van der Waals surface area contributed by atoms with Crippen LogP contribution in [0.5, 0.6) is 5.75 Å². The van der Waals surface area contributed by atoms with Gasteiger partial charge in [0.15, 0.2) is 10.8 Å². The van der Waals surface area contributed by atoms with Crippen molar-refractivity contribution in [3.63, 3.8) is 0 Å². The molecule has 5 rings (SSSR count). The molecule has 0 saturated carbocycles. The fraction of sp³-hybridized carbons (Fsp3) is 0.150. The Labute approximate surface area is 164 Å². The Bertz CT molecular complexity index is 1260. The van der Waals surface area contributed by atoms with Crippen LogP contribution in [0, 0.1) is 6.92 Å². The molecule has 0 saturated heterocycles. The van der Waals surface area contributed by atoms with Gasteiger partial charge in [0.1, 0.15) is 10.8 Å². The normalized spacial score (nSPS) is 11.6. The van der Waals surface area contributed by atoms with Crippen molar-refractivity contribution in [3.8, 4) is 5.75 Å². The van der Waals surface area contributed by atoms with E-state index in [1.807, 2.05) is 24.3 Å². The fourth-order valence-corrected chi connectivity index (χ4v) is 5.14. The van der Waals surface area contributed by atoms with Gasteiger partial charge in [-0.2, -0.15) is 0 Å². The molecule has 0 aliphatic heterocycles. The second-order valence-electron chi connectivity index (χ2n) is 6.25. The summed E-state index contributed by atoms with van der Waals surface area (Å²) < 4.78 is 8.73. The van der Waals surface area contributed by atoms with Gasteiger partial charge in [0.2, 0.25) is 0 Å². The van der Waals surface area contributed by atoms with Crippen molar-refractivity contribution in [2.45, 2.75) is 17.8 Å². The number of nitrogens with zero attached hydrogens (tertiary/aromatic N) is 4. The number of hydrogen-bond donors (Lipinski definition) is 0.